The standard InChI is InChI=1S/C21H25N3O5S2/c1-13(2)23-18-10-9-15(11-19(18)30-21(23)26)22-20(25)14(3)24(31(5,27)28)16-7-6-8-17(12-16)29-4/h6-14H,1-5H3,(H,22,25)/t14-/m1/s1. The highest BCUT2D eigenvalue weighted by Crippen LogP contribution is 2.27. The number of carbonyl (C=O) groups is 1. The van der Waals surface area contributed by atoms with Crippen molar-refractivity contribution in [3.8, 4) is 5.75 Å². The molecule has 0 saturated carbocycles. The first-order chi connectivity index (χ1) is 14.5. The van der Waals surface area contributed by atoms with E-state index < -0.39 is 22.0 Å². The maximum atomic E-state index is 12.9. The van der Waals surface area contributed by atoms with Crippen molar-refractivity contribution in [1.29, 1.82) is 0 Å². The van der Waals surface area contributed by atoms with Crippen molar-refractivity contribution in [1.82, 2.24) is 4.57 Å². The fourth-order valence-corrected chi connectivity index (χ4v) is 5.63. The summed E-state index contributed by atoms with van der Waals surface area (Å²) in [6.07, 6.45) is 1.05. The Balaban J connectivity index is 1.91. The van der Waals surface area contributed by atoms with Gasteiger partial charge in [-0.05, 0) is 51.1 Å². The normalized spacial score (nSPS) is 12.7. The smallest absolute Gasteiger partial charge is 0.308 e. The molecule has 0 aliphatic heterocycles. The van der Waals surface area contributed by atoms with Crippen LogP contribution in [0.1, 0.15) is 26.8 Å². The second kappa shape index (κ2) is 8.72. The summed E-state index contributed by atoms with van der Waals surface area (Å²) in [6.45, 7) is 5.38. The Kier molecular flexibility index (Phi) is 6.42. The third-order valence-corrected chi connectivity index (χ3v) is 6.95. The number of nitrogens with one attached hydrogen (secondary N) is 1. The van der Waals surface area contributed by atoms with Gasteiger partial charge in [0.1, 0.15) is 11.8 Å². The Bertz CT molecular complexity index is 1280. The van der Waals surface area contributed by atoms with Gasteiger partial charge in [-0.2, -0.15) is 0 Å². The number of carbonyl (C=O) groups excluding carboxylic acids is 1. The van der Waals surface area contributed by atoms with E-state index >= 15 is 0 Å². The second-order valence-electron chi connectivity index (χ2n) is 7.44. The first-order valence-electron chi connectivity index (χ1n) is 9.62. The highest BCUT2D eigenvalue weighted by molar-refractivity contribution is 7.92. The summed E-state index contributed by atoms with van der Waals surface area (Å²) in [4.78, 5) is 25.1. The van der Waals surface area contributed by atoms with Crippen LogP contribution >= 0.6 is 11.3 Å². The van der Waals surface area contributed by atoms with Gasteiger partial charge in [-0.1, -0.05) is 17.4 Å². The number of benzene rings is 2. The number of hydrogen-bond donors (Lipinski definition) is 1. The molecule has 166 valence electrons. The molecular weight excluding hydrogens is 438 g/mol. The predicted octanol–water partition coefficient (Wildman–Crippen LogP) is 3.45. The van der Waals surface area contributed by atoms with Crippen molar-refractivity contribution in [2.45, 2.75) is 32.9 Å². The number of rotatable bonds is 7. The van der Waals surface area contributed by atoms with Crippen LogP contribution in [-0.2, 0) is 14.8 Å². The number of sulfonamides is 1. The Morgan fingerprint density at radius 1 is 1.16 bits per heavy atom. The zero-order chi connectivity index (χ0) is 22.9. The molecule has 2 aromatic carbocycles. The van der Waals surface area contributed by atoms with Crippen LogP contribution in [0.3, 0.4) is 0 Å². The number of amides is 1. The van der Waals surface area contributed by atoms with Crippen LogP contribution in [0.25, 0.3) is 10.2 Å². The maximum Gasteiger partial charge on any atom is 0.308 e. The minimum absolute atomic E-state index is 0.0212. The molecular formula is C21H25N3O5S2. The Hall–Kier alpha value is -2.85. The maximum absolute atomic E-state index is 12.9. The van der Waals surface area contributed by atoms with Crippen molar-refractivity contribution in [3.63, 3.8) is 0 Å². The fourth-order valence-electron chi connectivity index (χ4n) is 3.41. The topological polar surface area (TPSA) is 97.7 Å². The summed E-state index contributed by atoms with van der Waals surface area (Å²) in [7, 11) is -2.27. The quantitative estimate of drug-likeness (QED) is 0.579. The summed E-state index contributed by atoms with van der Waals surface area (Å²) in [5, 5.41) is 2.76. The molecule has 8 nitrogen and oxygen atoms in total. The monoisotopic (exact) mass is 463 g/mol. The number of fused-ring (bicyclic) bond motifs is 1. The van der Waals surface area contributed by atoms with Crippen molar-refractivity contribution in [3.05, 3.63) is 52.1 Å². The number of nitrogens with zero attached hydrogens (tertiary/aromatic N) is 2. The van der Waals surface area contributed by atoms with Gasteiger partial charge in [0.15, 0.2) is 0 Å². The third-order valence-electron chi connectivity index (χ3n) is 4.79. The number of ether oxygens (including phenoxy) is 1. The number of thiazole rings is 1. The first kappa shape index (κ1) is 22.8. The van der Waals surface area contributed by atoms with Gasteiger partial charge in [0, 0.05) is 17.8 Å². The number of methoxy groups -OCH3 is 1. The molecule has 0 unspecified atom stereocenters. The highest BCUT2D eigenvalue weighted by Gasteiger charge is 2.29. The van der Waals surface area contributed by atoms with Crippen molar-refractivity contribution in [2.75, 3.05) is 23.0 Å². The molecule has 31 heavy (non-hydrogen) atoms. The van der Waals surface area contributed by atoms with E-state index in [0.717, 1.165) is 32.1 Å². The van der Waals surface area contributed by atoms with E-state index in [-0.39, 0.29) is 10.9 Å². The van der Waals surface area contributed by atoms with E-state index in [1.807, 2.05) is 13.8 Å². The fraction of sp³-hybridized carbons (Fsp3) is 0.333. The molecule has 1 N–H and O–H groups in total. The van der Waals surface area contributed by atoms with Gasteiger partial charge >= 0.3 is 4.87 Å². The summed E-state index contributed by atoms with van der Waals surface area (Å²) in [5.41, 5.74) is 1.61. The van der Waals surface area contributed by atoms with Gasteiger partial charge in [0.25, 0.3) is 0 Å². The lowest BCUT2D eigenvalue weighted by Crippen LogP contribution is -2.45. The van der Waals surface area contributed by atoms with Gasteiger partial charge in [0.05, 0.1) is 29.3 Å². The van der Waals surface area contributed by atoms with Gasteiger partial charge in [-0.15, -0.1) is 0 Å². The molecule has 10 heteroatoms. The Morgan fingerprint density at radius 3 is 2.48 bits per heavy atom. The Morgan fingerprint density at radius 2 is 1.87 bits per heavy atom. The molecule has 0 radical (unpaired) electrons. The molecule has 3 rings (SSSR count). The zero-order valence-electron chi connectivity index (χ0n) is 17.9. The molecule has 0 saturated heterocycles. The van der Waals surface area contributed by atoms with E-state index in [2.05, 4.69) is 5.32 Å². The van der Waals surface area contributed by atoms with Crippen LogP contribution in [0.2, 0.25) is 0 Å². The summed E-state index contributed by atoms with van der Waals surface area (Å²) < 4.78 is 33.6. The van der Waals surface area contributed by atoms with Crippen LogP contribution in [0.4, 0.5) is 11.4 Å². The lowest BCUT2D eigenvalue weighted by molar-refractivity contribution is -0.116. The SMILES string of the molecule is COc1cccc(N([C@H](C)C(=O)Nc2ccc3c(c2)sc(=O)n3C(C)C)S(C)(=O)=O)c1. The van der Waals surface area contributed by atoms with Gasteiger partial charge < -0.3 is 10.1 Å². The molecule has 0 spiro atoms. The van der Waals surface area contributed by atoms with Crippen molar-refractivity contribution >= 4 is 48.9 Å². The van der Waals surface area contributed by atoms with E-state index in [9.17, 15) is 18.0 Å². The first-order valence-corrected chi connectivity index (χ1v) is 12.3. The predicted molar refractivity (Wildman–Crippen MR) is 125 cm³/mol. The number of hydrogen-bond acceptors (Lipinski definition) is 6. The summed E-state index contributed by atoms with van der Waals surface area (Å²) >= 11 is 1.10. The molecule has 0 aliphatic carbocycles. The molecule has 1 heterocycles. The highest BCUT2D eigenvalue weighted by atomic mass is 32.2. The van der Waals surface area contributed by atoms with Crippen LogP contribution in [0.5, 0.6) is 5.75 Å². The average Bonchev–Trinajstić information content (AvgIpc) is 3.02. The van der Waals surface area contributed by atoms with Crippen LogP contribution in [-0.4, -0.2) is 38.3 Å². The minimum Gasteiger partial charge on any atom is -0.497 e. The largest absolute Gasteiger partial charge is 0.497 e. The van der Waals surface area contributed by atoms with E-state index in [1.54, 1.807) is 47.0 Å². The van der Waals surface area contributed by atoms with E-state index in [1.165, 1.54) is 14.0 Å². The number of anilines is 2. The summed E-state index contributed by atoms with van der Waals surface area (Å²) in [5.74, 6) is -0.0167. The molecule has 0 aliphatic rings. The molecule has 0 bridgehead atoms. The van der Waals surface area contributed by atoms with E-state index in [4.69, 9.17) is 4.74 Å². The van der Waals surface area contributed by atoms with E-state index in [0.29, 0.717) is 17.1 Å². The third kappa shape index (κ3) is 4.75. The van der Waals surface area contributed by atoms with Crippen LogP contribution in [0.15, 0.2) is 47.3 Å². The lowest BCUT2D eigenvalue weighted by Gasteiger charge is -2.28. The summed E-state index contributed by atoms with van der Waals surface area (Å²) in [6, 6.07) is 10.7. The second-order valence-corrected chi connectivity index (χ2v) is 10.3. The van der Waals surface area contributed by atoms with Crippen LogP contribution < -0.4 is 19.2 Å². The molecule has 0 fully saturated rings. The van der Waals surface area contributed by atoms with Gasteiger partial charge in [-0.3, -0.25) is 18.5 Å². The zero-order valence-corrected chi connectivity index (χ0v) is 19.6. The molecule has 1 atom stereocenters. The van der Waals surface area contributed by atoms with Crippen molar-refractivity contribution < 1.29 is 17.9 Å². The van der Waals surface area contributed by atoms with Crippen LogP contribution in [0, 0.1) is 0 Å². The molecule has 1 aromatic heterocycles. The number of aromatic nitrogens is 1. The Labute approximate surface area is 185 Å². The average molecular weight is 464 g/mol. The molecule has 3 aromatic rings. The minimum atomic E-state index is -3.75. The lowest BCUT2D eigenvalue weighted by atomic mass is 10.2. The molecule has 1 amide bonds. The van der Waals surface area contributed by atoms with Gasteiger partial charge in [0.2, 0.25) is 15.9 Å². The van der Waals surface area contributed by atoms with Crippen molar-refractivity contribution in [2.24, 2.45) is 0 Å². The van der Waals surface area contributed by atoms with Gasteiger partial charge in [-0.25, -0.2) is 8.42 Å².